The van der Waals surface area contributed by atoms with Gasteiger partial charge in [-0.2, -0.15) is 5.10 Å². The van der Waals surface area contributed by atoms with Crippen LogP contribution in [0.15, 0.2) is 6.20 Å². The number of hydrogen-bond donors (Lipinski definition) is 1. The van der Waals surface area contributed by atoms with Crippen LogP contribution in [0.5, 0.6) is 5.88 Å². The lowest BCUT2D eigenvalue weighted by molar-refractivity contribution is 0.322. The summed E-state index contributed by atoms with van der Waals surface area (Å²) in [4.78, 5) is 0. The Bertz CT molecular complexity index is 583. The predicted octanol–water partition coefficient (Wildman–Crippen LogP) is 2.24. The number of rotatable bonds is 5. The van der Waals surface area contributed by atoms with Gasteiger partial charge in [-0.3, -0.25) is 9.78 Å². The molecule has 0 atom stereocenters. The highest BCUT2D eigenvalue weighted by Gasteiger charge is 2.17. The standard InChI is InChI=1S/C11H17N5OS/c1-4-15-7-8(10(14-15)17-6-3)9-12-13-11(18)16(9)5-2/h7H,4-6H2,1-3H3,(H,13,18). The Labute approximate surface area is 111 Å². The van der Waals surface area contributed by atoms with Gasteiger partial charge in [0, 0.05) is 19.3 Å². The summed E-state index contributed by atoms with van der Waals surface area (Å²) in [7, 11) is 0. The summed E-state index contributed by atoms with van der Waals surface area (Å²) in [6, 6.07) is 0. The van der Waals surface area contributed by atoms with Gasteiger partial charge < -0.3 is 9.30 Å². The molecule has 0 bridgehead atoms. The monoisotopic (exact) mass is 267 g/mol. The molecule has 2 aromatic rings. The first-order valence-electron chi connectivity index (χ1n) is 6.07. The lowest BCUT2D eigenvalue weighted by atomic mass is 10.3. The van der Waals surface area contributed by atoms with E-state index in [9.17, 15) is 0 Å². The molecule has 6 nitrogen and oxygen atoms in total. The number of aromatic amines is 1. The van der Waals surface area contributed by atoms with Crippen molar-refractivity contribution in [2.75, 3.05) is 6.61 Å². The van der Waals surface area contributed by atoms with Crippen molar-refractivity contribution >= 4 is 12.2 Å². The van der Waals surface area contributed by atoms with Crippen LogP contribution in [0.3, 0.4) is 0 Å². The van der Waals surface area contributed by atoms with Crippen molar-refractivity contribution in [1.29, 1.82) is 0 Å². The second-order valence-electron chi connectivity index (χ2n) is 3.73. The van der Waals surface area contributed by atoms with E-state index in [1.807, 2.05) is 36.2 Å². The van der Waals surface area contributed by atoms with Crippen LogP contribution in [0.1, 0.15) is 20.8 Å². The first-order chi connectivity index (χ1) is 8.71. The van der Waals surface area contributed by atoms with Crippen molar-refractivity contribution in [2.24, 2.45) is 0 Å². The molecule has 0 aliphatic carbocycles. The molecule has 7 heteroatoms. The molecule has 2 aromatic heterocycles. The minimum atomic E-state index is 0.574. The summed E-state index contributed by atoms with van der Waals surface area (Å²) in [6.45, 7) is 8.12. The van der Waals surface area contributed by atoms with E-state index in [0.717, 1.165) is 24.5 Å². The maximum absolute atomic E-state index is 5.55. The number of H-pyrrole nitrogens is 1. The molecule has 0 aliphatic rings. The van der Waals surface area contributed by atoms with E-state index < -0.39 is 0 Å². The van der Waals surface area contributed by atoms with Gasteiger partial charge in [0.1, 0.15) is 5.56 Å². The Morgan fingerprint density at radius 3 is 2.72 bits per heavy atom. The summed E-state index contributed by atoms with van der Waals surface area (Å²) in [5, 5.41) is 11.4. The molecule has 0 aliphatic heterocycles. The molecule has 1 N–H and O–H groups in total. The number of ether oxygens (including phenoxy) is 1. The van der Waals surface area contributed by atoms with Crippen molar-refractivity contribution in [3.8, 4) is 17.3 Å². The van der Waals surface area contributed by atoms with Crippen LogP contribution in [-0.4, -0.2) is 31.2 Å². The van der Waals surface area contributed by atoms with Crippen LogP contribution in [-0.2, 0) is 13.1 Å². The van der Waals surface area contributed by atoms with Gasteiger partial charge in [-0.05, 0) is 33.0 Å². The molecule has 0 aromatic carbocycles. The van der Waals surface area contributed by atoms with Crippen molar-refractivity contribution in [1.82, 2.24) is 24.5 Å². The molecule has 2 heterocycles. The molecule has 2 rings (SSSR count). The first kappa shape index (κ1) is 12.8. The van der Waals surface area contributed by atoms with Gasteiger partial charge in [0.05, 0.1) is 6.61 Å². The maximum Gasteiger partial charge on any atom is 0.243 e. The van der Waals surface area contributed by atoms with E-state index in [-0.39, 0.29) is 0 Å². The summed E-state index contributed by atoms with van der Waals surface area (Å²) < 4.78 is 9.92. The van der Waals surface area contributed by atoms with E-state index >= 15 is 0 Å². The van der Waals surface area contributed by atoms with Gasteiger partial charge in [0.2, 0.25) is 5.88 Å². The van der Waals surface area contributed by atoms with Gasteiger partial charge in [0.15, 0.2) is 10.6 Å². The molecule has 98 valence electrons. The minimum absolute atomic E-state index is 0.574. The lowest BCUT2D eigenvalue weighted by Crippen LogP contribution is -1.99. The Morgan fingerprint density at radius 1 is 1.33 bits per heavy atom. The highest BCUT2D eigenvalue weighted by molar-refractivity contribution is 7.71. The number of aromatic nitrogens is 5. The van der Waals surface area contributed by atoms with Gasteiger partial charge >= 0.3 is 0 Å². The van der Waals surface area contributed by atoms with Crippen molar-refractivity contribution < 1.29 is 4.74 Å². The average molecular weight is 267 g/mol. The van der Waals surface area contributed by atoms with E-state index in [1.54, 1.807) is 0 Å². The maximum atomic E-state index is 5.55. The lowest BCUT2D eigenvalue weighted by Gasteiger charge is -2.03. The molecule has 0 unspecified atom stereocenters. The second kappa shape index (κ2) is 5.34. The quantitative estimate of drug-likeness (QED) is 0.844. The fourth-order valence-electron chi connectivity index (χ4n) is 1.78. The highest BCUT2D eigenvalue weighted by atomic mass is 32.1. The van der Waals surface area contributed by atoms with Crippen molar-refractivity contribution in [2.45, 2.75) is 33.9 Å². The molecule has 0 radical (unpaired) electrons. The average Bonchev–Trinajstić information content (AvgIpc) is 2.93. The summed E-state index contributed by atoms with van der Waals surface area (Å²) in [5.74, 6) is 1.37. The minimum Gasteiger partial charge on any atom is -0.476 e. The summed E-state index contributed by atoms with van der Waals surface area (Å²) in [6.07, 6.45) is 1.93. The van der Waals surface area contributed by atoms with Crippen LogP contribution in [0.25, 0.3) is 11.4 Å². The van der Waals surface area contributed by atoms with Crippen LogP contribution in [0.2, 0.25) is 0 Å². The van der Waals surface area contributed by atoms with Gasteiger partial charge in [-0.1, -0.05) is 0 Å². The van der Waals surface area contributed by atoms with E-state index in [1.165, 1.54) is 0 Å². The molecule has 18 heavy (non-hydrogen) atoms. The highest BCUT2D eigenvalue weighted by Crippen LogP contribution is 2.27. The third kappa shape index (κ3) is 2.17. The fraction of sp³-hybridized carbons (Fsp3) is 0.545. The predicted molar refractivity (Wildman–Crippen MR) is 71.1 cm³/mol. The third-order valence-electron chi connectivity index (χ3n) is 2.65. The Hall–Kier alpha value is -1.63. The van der Waals surface area contributed by atoms with Crippen LogP contribution in [0.4, 0.5) is 0 Å². The van der Waals surface area contributed by atoms with Crippen LogP contribution >= 0.6 is 12.2 Å². The van der Waals surface area contributed by atoms with Gasteiger partial charge in [-0.15, -0.1) is 5.10 Å². The number of hydrogen-bond acceptors (Lipinski definition) is 4. The van der Waals surface area contributed by atoms with Crippen LogP contribution in [0, 0.1) is 4.77 Å². The summed E-state index contributed by atoms with van der Waals surface area (Å²) >= 11 is 5.19. The van der Waals surface area contributed by atoms with Crippen molar-refractivity contribution in [3.63, 3.8) is 0 Å². The summed E-state index contributed by atoms with van der Waals surface area (Å²) in [5.41, 5.74) is 0.868. The Kier molecular flexibility index (Phi) is 3.81. The SMILES string of the molecule is CCOc1nn(CC)cc1-c1n[nH]c(=S)n1CC. The zero-order valence-corrected chi connectivity index (χ0v) is 11.6. The Morgan fingerprint density at radius 2 is 2.11 bits per heavy atom. The zero-order chi connectivity index (χ0) is 13.1. The smallest absolute Gasteiger partial charge is 0.243 e. The van der Waals surface area contributed by atoms with E-state index in [4.69, 9.17) is 17.0 Å². The number of aryl methyl sites for hydroxylation is 1. The largest absolute Gasteiger partial charge is 0.476 e. The van der Waals surface area contributed by atoms with Crippen molar-refractivity contribution in [3.05, 3.63) is 11.0 Å². The topological polar surface area (TPSA) is 60.7 Å². The number of nitrogens with zero attached hydrogens (tertiary/aromatic N) is 4. The molecular weight excluding hydrogens is 250 g/mol. The molecule has 0 fully saturated rings. The fourth-order valence-corrected chi connectivity index (χ4v) is 2.04. The number of nitrogens with one attached hydrogen (secondary N) is 1. The van der Waals surface area contributed by atoms with E-state index in [0.29, 0.717) is 17.3 Å². The first-order valence-corrected chi connectivity index (χ1v) is 6.47. The third-order valence-corrected chi connectivity index (χ3v) is 2.96. The second-order valence-corrected chi connectivity index (χ2v) is 4.12. The molecule has 0 amide bonds. The molecule has 0 saturated carbocycles. The molecule has 0 saturated heterocycles. The zero-order valence-electron chi connectivity index (χ0n) is 10.8. The normalized spacial score (nSPS) is 10.8. The van der Waals surface area contributed by atoms with Gasteiger partial charge in [-0.25, -0.2) is 0 Å². The van der Waals surface area contributed by atoms with Crippen LogP contribution < -0.4 is 4.74 Å². The van der Waals surface area contributed by atoms with E-state index in [2.05, 4.69) is 15.3 Å². The molecular formula is C11H17N5OS. The van der Waals surface area contributed by atoms with Gasteiger partial charge in [0.25, 0.3) is 0 Å². The Balaban J connectivity index is 2.54. The molecule has 0 spiro atoms.